The first-order chi connectivity index (χ1) is 8.24. The van der Waals surface area contributed by atoms with Crippen LogP contribution in [0.25, 0.3) is 0 Å². The second-order valence-corrected chi connectivity index (χ2v) is 4.89. The Morgan fingerprint density at radius 2 is 1.88 bits per heavy atom. The van der Waals surface area contributed by atoms with Crippen molar-refractivity contribution in [2.24, 2.45) is 5.92 Å². The SMILES string of the molecule is CCc1nnc(NC2CCCC2C)nc1CC. The molecular weight excluding hydrogens is 212 g/mol. The predicted octanol–water partition coefficient (Wildman–Crippen LogP) is 2.60. The van der Waals surface area contributed by atoms with Gasteiger partial charge < -0.3 is 5.32 Å². The smallest absolute Gasteiger partial charge is 0.243 e. The van der Waals surface area contributed by atoms with Gasteiger partial charge in [0.25, 0.3) is 0 Å². The summed E-state index contributed by atoms with van der Waals surface area (Å²) in [5.74, 6) is 1.42. The third-order valence-electron chi connectivity index (χ3n) is 3.69. The van der Waals surface area contributed by atoms with Crippen LogP contribution < -0.4 is 5.32 Å². The zero-order valence-electron chi connectivity index (χ0n) is 11.0. The third-order valence-corrected chi connectivity index (χ3v) is 3.69. The molecule has 1 heterocycles. The van der Waals surface area contributed by atoms with E-state index in [0.717, 1.165) is 30.1 Å². The molecule has 2 rings (SSSR count). The number of rotatable bonds is 4. The molecule has 2 unspecified atom stereocenters. The first-order valence-corrected chi connectivity index (χ1v) is 6.73. The van der Waals surface area contributed by atoms with Crippen LogP contribution in [0.2, 0.25) is 0 Å². The van der Waals surface area contributed by atoms with Crippen molar-refractivity contribution in [2.75, 3.05) is 5.32 Å². The largest absolute Gasteiger partial charge is 0.350 e. The molecule has 1 fully saturated rings. The lowest BCUT2D eigenvalue weighted by Gasteiger charge is -2.17. The maximum Gasteiger partial charge on any atom is 0.243 e. The van der Waals surface area contributed by atoms with E-state index in [4.69, 9.17) is 0 Å². The first-order valence-electron chi connectivity index (χ1n) is 6.73. The average molecular weight is 234 g/mol. The van der Waals surface area contributed by atoms with E-state index in [0.29, 0.717) is 12.0 Å². The van der Waals surface area contributed by atoms with E-state index in [-0.39, 0.29) is 0 Å². The molecule has 4 heteroatoms. The van der Waals surface area contributed by atoms with Gasteiger partial charge in [-0.3, -0.25) is 0 Å². The molecule has 0 aliphatic heterocycles. The summed E-state index contributed by atoms with van der Waals surface area (Å²) in [7, 11) is 0. The molecule has 1 aliphatic rings. The van der Waals surface area contributed by atoms with Crippen molar-refractivity contribution >= 4 is 5.95 Å². The fourth-order valence-corrected chi connectivity index (χ4v) is 2.52. The number of nitrogens with one attached hydrogen (secondary N) is 1. The summed E-state index contributed by atoms with van der Waals surface area (Å²) in [6, 6.07) is 0.522. The van der Waals surface area contributed by atoms with E-state index in [9.17, 15) is 0 Å². The van der Waals surface area contributed by atoms with Crippen LogP contribution in [0, 0.1) is 5.92 Å². The Balaban J connectivity index is 2.10. The molecule has 0 amide bonds. The van der Waals surface area contributed by atoms with E-state index < -0.39 is 0 Å². The number of aromatic nitrogens is 3. The molecule has 0 radical (unpaired) electrons. The van der Waals surface area contributed by atoms with Crippen molar-refractivity contribution in [3.63, 3.8) is 0 Å². The molecule has 94 valence electrons. The van der Waals surface area contributed by atoms with Gasteiger partial charge in [-0.15, -0.1) is 5.10 Å². The summed E-state index contributed by atoms with van der Waals surface area (Å²) in [5, 5.41) is 11.9. The van der Waals surface area contributed by atoms with Gasteiger partial charge in [0, 0.05) is 6.04 Å². The lowest BCUT2D eigenvalue weighted by molar-refractivity contribution is 0.551. The second-order valence-electron chi connectivity index (χ2n) is 4.89. The predicted molar refractivity (Wildman–Crippen MR) is 69.0 cm³/mol. The maximum atomic E-state index is 4.58. The Morgan fingerprint density at radius 3 is 2.47 bits per heavy atom. The summed E-state index contributed by atoms with van der Waals surface area (Å²) in [4.78, 5) is 4.58. The maximum absolute atomic E-state index is 4.58. The monoisotopic (exact) mass is 234 g/mol. The van der Waals surface area contributed by atoms with Crippen LogP contribution in [-0.2, 0) is 12.8 Å². The molecular formula is C13H22N4. The molecule has 4 nitrogen and oxygen atoms in total. The summed E-state index contributed by atoms with van der Waals surface area (Å²) >= 11 is 0. The fraction of sp³-hybridized carbons (Fsp3) is 0.769. The van der Waals surface area contributed by atoms with Crippen LogP contribution in [0.15, 0.2) is 0 Å². The minimum atomic E-state index is 0.522. The van der Waals surface area contributed by atoms with E-state index in [1.54, 1.807) is 0 Å². The molecule has 17 heavy (non-hydrogen) atoms. The Labute approximate surface area is 103 Å². The van der Waals surface area contributed by atoms with E-state index in [1.807, 2.05) is 0 Å². The zero-order chi connectivity index (χ0) is 12.3. The number of nitrogens with zero attached hydrogens (tertiary/aromatic N) is 3. The van der Waals surface area contributed by atoms with Crippen molar-refractivity contribution in [3.8, 4) is 0 Å². The van der Waals surface area contributed by atoms with E-state index in [1.165, 1.54) is 19.3 Å². The van der Waals surface area contributed by atoms with Gasteiger partial charge in [0.2, 0.25) is 5.95 Å². The van der Waals surface area contributed by atoms with Gasteiger partial charge in [0.15, 0.2) is 0 Å². The normalized spacial score (nSPS) is 23.9. The standard InChI is InChI=1S/C13H22N4/c1-4-10-11(5-2)16-17-13(14-10)15-12-8-6-7-9(12)3/h9,12H,4-8H2,1-3H3,(H,14,15,17). The van der Waals surface area contributed by atoms with E-state index in [2.05, 4.69) is 41.3 Å². The van der Waals surface area contributed by atoms with Gasteiger partial charge in [-0.05, 0) is 31.6 Å². The molecule has 0 spiro atoms. The fourth-order valence-electron chi connectivity index (χ4n) is 2.52. The molecule has 1 N–H and O–H groups in total. The van der Waals surface area contributed by atoms with Gasteiger partial charge in [0.05, 0.1) is 11.4 Å². The number of aryl methyl sites for hydroxylation is 2. The quantitative estimate of drug-likeness (QED) is 0.870. The third kappa shape index (κ3) is 2.73. The minimum absolute atomic E-state index is 0.522. The van der Waals surface area contributed by atoms with Crippen LogP contribution in [0.5, 0.6) is 0 Å². The highest BCUT2D eigenvalue weighted by Gasteiger charge is 2.24. The molecule has 0 saturated heterocycles. The summed E-state index contributed by atoms with van der Waals surface area (Å²) < 4.78 is 0. The number of hydrogen-bond acceptors (Lipinski definition) is 4. The Hall–Kier alpha value is -1.19. The van der Waals surface area contributed by atoms with Crippen molar-refractivity contribution in [1.29, 1.82) is 0 Å². The number of hydrogen-bond donors (Lipinski definition) is 1. The van der Waals surface area contributed by atoms with Gasteiger partial charge in [-0.25, -0.2) is 4.98 Å². The highest BCUT2D eigenvalue weighted by Crippen LogP contribution is 2.26. The molecule has 1 aliphatic carbocycles. The molecule has 1 aromatic heterocycles. The van der Waals surface area contributed by atoms with Crippen molar-refractivity contribution in [1.82, 2.24) is 15.2 Å². The highest BCUT2D eigenvalue weighted by atomic mass is 15.2. The topological polar surface area (TPSA) is 50.7 Å². The summed E-state index contributed by atoms with van der Waals surface area (Å²) in [6.07, 6.45) is 5.66. The Morgan fingerprint density at radius 1 is 1.12 bits per heavy atom. The van der Waals surface area contributed by atoms with Gasteiger partial charge in [0.1, 0.15) is 0 Å². The van der Waals surface area contributed by atoms with Crippen LogP contribution in [0.4, 0.5) is 5.95 Å². The lowest BCUT2D eigenvalue weighted by atomic mass is 10.1. The van der Waals surface area contributed by atoms with Crippen LogP contribution in [-0.4, -0.2) is 21.2 Å². The molecule has 1 saturated carbocycles. The Bertz CT molecular complexity index is 378. The molecule has 1 aromatic rings. The van der Waals surface area contributed by atoms with Gasteiger partial charge >= 0.3 is 0 Å². The minimum Gasteiger partial charge on any atom is -0.350 e. The second kappa shape index (κ2) is 5.43. The van der Waals surface area contributed by atoms with Crippen LogP contribution in [0.3, 0.4) is 0 Å². The van der Waals surface area contributed by atoms with Crippen LogP contribution in [0.1, 0.15) is 51.4 Å². The Kier molecular flexibility index (Phi) is 3.92. The van der Waals surface area contributed by atoms with Gasteiger partial charge in [-0.1, -0.05) is 27.2 Å². The highest BCUT2D eigenvalue weighted by molar-refractivity contribution is 5.28. The first kappa shape index (κ1) is 12.3. The molecule has 0 bridgehead atoms. The number of anilines is 1. The van der Waals surface area contributed by atoms with Gasteiger partial charge in [-0.2, -0.15) is 5.10 Å². The van der Waals surface area contributed by atoms with Crippen LogP contribution >= 0.6 is 0 Å². The van der Waals surface area contributed by atoms with E-state index >= 15 is 0 Å². The molecule has 0 aromatic carbocycles. The zero-order valence-corrected chi connectivity index (χ0v) is 11.0. The molecule has 2 atom stereocenters. The average Bonchev–Trinajstić information content (AvgIpc) is 2.75. The van der Waals surface area contributed by atoms with Crippen molar-refractivity contribution in [3.05, 3.63) is 11.4 Å². The lowest BCUT2D eigenvalue weighted by Crippen LogP contribution is -2.24. The summed E-state index contributed by atoms with van der Waals surface area (Å²) in [5.41, 5.74) is 2.10. The van der Waals surface area contributed by atoms with Crippen molar-refractivity contribution in [2.45, 2.75) is 58.9 Å². The summed E-state index contributed by atoms with van der Waals surface area (Å²) in [6.45, 7) is 6.50. The van der Waals surface area contributed by atoms with Crippen molar-refractivity contribution < 1.29 is 0 Å².